The van der Waals surface area contributed by atoms with E-state index in [1.807, 2.05) is 24.3 Å². The first-order valence-electron chi connectivity index (χ1n) is 10.2. The van der Waals surface area contributed by atoms with Crippen molar-refractivity contribution in [3.63, 3.8) is 0 Å². The molecule has 1 aromatic heterocycles. The van der Waals surface area contributed by atoms with Crippen LogP contribution in [-0.2, 0) is 4.79 Å². The fourth-order valence-electron chi connectivity index (χ4n) is 3.80. The summed E-state index contributed by atoms with van der Waals surface area (Å²) in [7, 11) is 0. The third-order valence-corrected chi connectivity index (χ3v) is 6.15. The van der Waals surface area contributed by atoms with Gasteiger partial charge in [0.15, 0.2) is 0 Å². The van der Waals surface area contributed by atoms with Gasteiger partial charge in [-0.2, -0.15) is 0 Å². The van der Waals surface area contributed by atoms with Crippen molar-refractivity contribution in [2.45, 2.75) is 37.8 Å². The Morgan fingerprint density at radius 3 is 2.50 bits per heavy atom. The molecule has 1 aliphatic rings. The first kappa shape index (κ1) is 20.8. The summed E-state index contributed by atoms with van der Waals surface area (Å²) in [6.45, 7) is 0.206. The fourth-order valence-corrected chi connectivity index (χ4v) is 4.10. The molecule has 0 bridgehead atoms. The summed E-state index contributed by atoms with van der Waals surface area (Å²) in [6, 6.07) is 18.1. The molecule has 1 fully saturated rings. The zero-order valence-electron chi connectivity index (χ0n) is 16.5. The van der Waals surface area contributed by atoms with Crippen LogP contribution in [0.2, 0.25) is 10.0 Å². The molecule has 4 rings (SSSR count). The van der Waals surface area contributed by atoms with Crippen LogP contribution in [0.25, 0.3) is 10.9 Å². The van der Waals surface area contributed by atoms with Gasteiger partial charge in [0.2, 0.25) is 5.91 Å². The number of hydrogen-bond acceptors (Lipinski definition) is 4. The largest absolute Gasteiger partial charge is 0.376 e. The first-order valence-corrected chi connectivity index (χ1v) is 10.9. The Morgan fingerprint density at radius 1 is 0.933 bits per heavy atom. The Labute approximate surface area is 186 Å². The van der Waals surface area contributed by atoms with Gasteiger partial charge in [0.25, 0.3) is 0 Å². The number of para-hydroxylation sites is 1. The predicted molar refractivity (Wildman–Crippen MR) is 125 cm³/mol. The van der Waals surface area contributed by atoms with Gasteiger partial charge in [0, 0.05) is 23.2 Å². The number of nitrogens with one attached hydrogen (secondary N) is 3. The lowest BCUT2D eigenvalue weighted by Gasteiger charge is -2.30. The van der Waals surface area contributed by atoms with E-state index in [2.05, 4.69) is 28.1 Å². The quantitative estimate of drug-likeness (QED) is 0.471. The van der Waals surface area contributed by atoms with Gasteiger partial charge in [0.05, 0.1) is 22.1 Å². The van der Waals surface area contributed by atoms with E-state index in [1.165, 1.54) is 0 Å². The minimum Gasteiger partial charge on any atom is -0.376 e. The second-order valence-corrected chi connectivity index (χ2v) is 8.45. The van der Waals surface area contributed by atoms with Gasteiger partial charge >= 0.3 is 0 Å². The summed E-state index contributed by atoms with van der Waals surface area (Å²) in [5, 5.41) is 11.9. The van der Waals surface area contributed by atoms with Crippen LogP contribution in [0.15, 0.2) is 54.6 Å². The number of carbonyl (C=O) groups excluding carboxylic acids is 1. The SMILES string of the molecule is O=C(CNc1ccc(Cl)c(Cl)c1)NC1CCC(Nc2ccc3ccccc3n2)CC1. The fraction of sp³-hybridized carbons (Fsp3) is 0.304. The molecule has 3 N–H and O–H groups in total. The van der Waals surface area contributed by atoms with E-state index in [4.69, 9.17) is 28.2 Å². The van der Waals surface area contributed by atoms with E-state index in [9.17, 15) is 4.79 Å². The average molecular weight is 443 g/mol. The molecule has 5 nitrogen and oxygen atoms in total. The lowest BCUT2D eigenvalue weighted by molar-refractivity contribution is -0.120. The Morgan fingerprint density at radius 2 is 1.70 bits per heavy atom. The van der Waals surface area contributed by atoms with Gasteiger partial charge in [0.1, 0.15) is 5.82 Å². The van der Waals surface area contributed by atoms with Crippen LogP contribution in [0.4, 0.5) is 11.5 Å². The summed E-state index contributed by atoms with van der Waals surface area (Å²) in [4.78, 5) is 17.0. The van der Waals surface area contributed by atoms with Gasteiger partial charge < -0.3 is 16.0 Å². The van der Waals surface area contributed by atoms with Crippen LogP contribution in [0, 0.1) is 0 Å². The number of fused-ring (bicyclic) bond motifs is 1. The number of benzene rings is 2. The molecule has 2 aromatic carbocycles. The number of anilines is 2. The van der Waals surface area contributed by atoms with Crippen molar-refractivity contribution in [1.82, 2.24) is 10.3 Å². The summed E-state index contributed by atoms with van der Waals surface area (Å²) in [5.74, 6) is 0.890. The number of rotatable bonds is 6. The van der Waals surface area contributed by atoms with Crippen molar-refractivity contribution >= 4 is 51.5 Å². The van der Waals surface area contributed by atoms with Crippen molar-refractivity contribution in [2.75, 3.05) is 17.2 Å². The van der Waals surface area contributed by atoms with E-state index < -0.39 is 0 Å². The number of amides is 1. The van der Waals surface area contributed by atoms with Gasteiger partial charge in [-0.25, -0.2) is 4.98 Å². The third-order valence-electron chi connectivity index (χ3n) is 5.42. The van der Waals surface area contributed by atoms with E-state index >= 15 is 0 Å². The van der Waals surface area contributed by atoms with E-state index in [0.717, 1.165) is 48.1 Å². The molecule has 156 valence electrons. The van der Waals surface area contributed by atoms with E-state index in [0.29, 0.717) is 16.1 Å². The molecule has 0 atom stereocenters. The second kappa shape index (κ2) is 9.54. The summed E-state index contributed by atoms with van der Waals surface area (Å²) >= 11 is 11.9. The Hall–Kier alpha value is -2.50. The highest BCUT2D eigenvalue weighted by molar-refractivity contribution is 6.42. The summed E-state index contributed by atoms with van der Waals surface area (Å²) < 4.78 is 0. The number of halogens is 2. The number of hydrogen-bond donors (Lipinski definition) is 3. The van der Waals surface area contributed by atoms with Crippen molar-refractivity contribution < 1.29 is 4.79 Å². The molecule has 30 heavy (non-hydrogen) atoms. The molecule has 0 unspecified atom stereocenters. The number of pyridine rings is 1. The molecule has 3 aromatic rings. The van der Waals surface area contributed by atoms with Crippen LogP contribution in [0.3, 0.4) is 0 Å². The Kier molecular flexibility index (Phi) is 6.60. The topological polar surface area (TPSA) is 66.1 Å². The van der Waals surface area contributed by atoms with Crippen LogP contribution in [0.1, 0.15) is 25.7 Å². The molecule has 0 radical (unpaired) electrons. The Balaban J connectivity index is 1.22. The monoisotopic (exact) mass is 442 g/mol. The van der Waals surface area contributed by atoms with Crippen LogP contribution in [-0.4, -0.2) is 29.5 Å². The van der Waals surface area contributed by atoms with Gasteiger partial charge in [-0.05, 0) is 62.1 Å². The van der Waals surface area contributed by atoms with Crippen molar-refractivity contribution in [3.05, 3.63) is 64.6 Å². The summed E-state index contributed by atoms with van der Waals surface area (Å²) in [5.41, 5.74) is 1.77. The number of carbonyl (C=O) groups is 1. The second-order valence-electron chi connectivity index (χ2n) is 7.63. The number of nitrogens with zero attached hydrogens (tertiary/aromatic N) is 1. The molecule has 1 amide bonds. The van der Waals surface area contributed by atoms with Crippen molar-refractivity contribution in [3.8, 4) is 0 Å². The molecule has 1 aliphatic carbocycles. The summed E-state index contributed by atoms with van der Waals surface area (Å²) in [6.07, 6.45) is 3.90. The highest BCUT2D eigenvalue weighted by Crippen LogP contribution is 2.25. The standard InChI is InChI=1S/C23H24Cl2N4O/c24-19-11-10-18(13-20(19)25)26-14-23(30)28-17-8-6-16(7-9-17)27-22-12-5-15-3-1-2-4-21(15)29-22/h1-5,10-13,16-17,26H,6-9,14H2,(H,27,29)(H,28,30). The maximum Gasteiger partial charge on any atom is 0.239 e. The van der Waals surface area contributed by atoms with Crippen molar-refractivity contribution in [2.24, 2.45) is 0 Å². The zero-order valence-corrected chi connectivity index (χ0v) is 18.0. The first-order chi connectivity index (χ1) is 14.6. The average Bonchev–Trinajstić information content (AvgIpc) is 2.76. The minimum atomic E-state index is -0.0197. The molecular formula is C23H24Cl2N4O. The lowest BCUT2D eigenvalue weighted by atomic mass is 9.91. The smallest absolute Gasteiger partial charge is 0.239 e. The molecule has 1 saturated carbocycles. The van der Waals surface area contributed by atoms with Gasteiger partial charge in [-0.1, -0.05) is 41.4 Å². The zero-order chi connectivity index (χ0) is 20.9. The van der Waals surface area contributed by atoms with E-state index in [-0.39, 0.29) is 18.5 Å². The molecule has 7 heteroatoms. The molecular weight excluding hydrogens is 419 g/mol. The van der Waals surface area contributed by atoms with Gasteiger partial charge in [-0.3, -0.25) is 4.79 Å². The molecule has 0 spiro atoms. The Bertz CT molecular complexity index is 1030. The van der Waals surface area contributed by atoms with Crippen LogP contribution >= 0.6 is 23.2 Å². The maximum atomic E-state index is 12.3. The minimum absolute atomic E-state index is 0.0197. The van der Waals surface area contributed by atoms with Gasteiger partial charge in [-0.15, -0.1) is 0 Å². The highest BCUT2D eigenvalue weighted by Gasteiger charge is 2.22. The van der Waals surface area contributed by atoms with Crippen LogP contribution < -0.4 is 16.0 Å². The predicted octanol–water partition coefficient (Wildman–Crippen LogP) is 5.49. The lowest BCUT2D eigenvalue weighted by Crippen LogP contribution is -2.42. The molecule has 0 saturated heterocycles. The van der Waals surface area contributed by atoms with Crippen LogP contribution in [0.5, 0.6) is 0 Å². The third kappa shape index (κ3) is 5.35. The molecule has 1 heterocycles. The normalized spacial score (nSPS) is 18.7. The maximum absolute atomic E-state index is 12.3. The highest BCUT2D eigenvalue weighted by atomic mass is 35.5. The molecule has 0 aliphatic heterocycles. The van der Waals surface area contributed by atoms with Crippen molar-refractivity contribution in [1.29, 1.82) is 0 Å². The van der Waals surface area contributed by atoms with E-state index in [1.54, 1.807) is 18.2 Å². The number of aromatic nitrogens is 1.